The molecule has 2 heterocycles. The number of ether oxygens (including phenoxy) is 6. The van der Waals surface area contributed by atoms with Crippen molar-refractivity contribution in [3.8, 4) is 0 Å². The number of cyclic esters (lactones) is 1. The molecule has 0 bridgehead atoms. The van der Waals surface area contributed by atoms with Crippen molar-refractivity contribution in [2.75, 3.05) is 20.0 Å². The van der Waals surface area contributed by atoms with E-state index in [0.717, 1.165) is 6.08 Å². The van der Waals surface area contributed by atoms with E-state index in [2.05, 4.69) is 10.6 Å². The molecular weight excluding hydrogens is 696 g/mol. The fourth-order valence-electron chi connectivity index (χ4n) is 5.83. The van der Waals surface area contributed by atoms with E-state index in [-0.39, 0.29) is 43.8 Å². The molecule has 53 heavy (non-hydrogen) atoms. The average molecular weight is 745 g/mol. The number of amides is 2. The second-order valence-electron chi connectivity index (χ2n) is 14.8. The number of fused-ring (bicyclic) bond motifs is 1. The zero-order valence-electron chi connectivity index (χ0n) is 30.6. The van der Waals surface area contributed by atoms with Crippen molar-refractivity contribution in [1.82, 2.24) is 10.6 Å². The molecule has 7 unspecified atom stereocenters. The van der Waals surface area contributed by atoms with Crippen LogP contribution >= 0.6 is 0 Å². The van der Waals surface area contributed by atoms with Crippen molar-refractivity contribution < 1.29 is 67.4 Å². The molecule has 0 saturated carbocycles. The Labute approximate surface area is 307 Å². The van der Waals surface area contributed by atoms with Gasteiger partial charge in [0.2, 0.25) is 17.9 Å². The van der Waals surface area contributed by atoms with E-state index in [1.54, 1.807) is 52.8 Å². The number of nitrogens with one attached hydrogen (secondary N) is 2. The molecule has 2 amide bonds. The first-order valence-corrected chi connectivity index (χ1v) is 17.3. The van der Waals surface area contributed by atoms with Crippen molar-refractivity contribution in [1.29, 1.82) is 0 Å². The van der Waals surface area contributed by atoms with Crippen LogP contribution in [-0.2, 0) is 52.4 Å². The largest absolute Gasteiger partial charge is 0.462 e. The van der Waals surface area contributed by atoms with E-state index in [9.17, 15) is 39.0 Å². The van der Waals surface area contributed by atoms with Gasteiger partial charge in [-0.3, -0.25) is 14.4 Å². The number of aliphatic hydroxyl groups is 2. The van der Waals surface area contributed by atoms with E-state index < -0.39 is 95.9 Å². The maximum Gasteiger partial charge on any atom is 0.348 e. The van der Waals surface area contributed by atoms with Crippen LogP contribution < -0.4 is 10.6 Å². The smallest absolute Gasteiger partial charge is 0.348 e. The lowest BCUT2D eigenvalue weighted by atomic mass is 9.90. The van der Waals surface area contributed by atoms with Gasteiger partial charge in [0.1, 0.15) is 43.4 Å². The Bertz CT molecular complexity index is 1610. The Hall–Kier alpha value is -4.64. The summed E-state index contributed by atoms with van der Waals surface area (Å²) in [5, 5.41) is 25.3. The topological polar surface area (TPSA) is 222 Å². The minimum atomic E-state index is -1.45. The molecule has 1 aromatic carbocycles. The summed E-state index contributed by atoms with van der Waals surface area (Å²) in [6.45, 7) is 9.39. The van der Waals surface area contributed by atoms with Gasteiger partial charge in [-0.1, -0.05) is 32.0 Å². The highest BCUT2D eigenvalue weighted by Gasteiger charge is 2.46. The molecule has 16 heteroatoms. The maximum atomic E-state index is 13.5. The van der Waals surface area contributed by atoms with Crippen molar-refractivity contribution >= 4 is 41.8 Å². The zero-order valence-corrected chi connectivity index (χ0v) is 30.6. The first-order valence-electron chi connectivity index (χ1n) is 17.3. The van der Waals surface area contributed by atoms with Crippen LogP contribution in [0.4, 0.5) is 0 Å². The highest BCUT2D eigenvalue weighted by atomic mass is 16.7. The second kappa shape index (κ2) is 17.5. The van der Waals surface area contributed by atoms with Crippen LogP contribution in [0.2, 0.25) is 0 Å². The van der Waals surface area contributed by atoms with Gasteiger partial charge in [-0.15, -0.1) is 0 Å². The van der Waals surface area contributed by atoms with E-state index in [1.165, 1.54) is 25.1 Å². The normalized spacial score (nSPS) is 23.8. The minimum Gasteiger partial charge on any atom is -0.462 e. The van der Waals surface area contributed by atoms with Gasteiger partial charge in [-0.25, -0.2) is 14.4 Å². The molecule has 3 aliphatic rings. The zero-order chi connectivity index (χ0) is 39.1. The fraction of sp³-hybridized carbons (Fsp3) is 0.568. The van der Waals surface area contributed by atoms with Crippen LogP contribution in [0.5, 0.6) is 0 Å². The number of rotatable bonds is 14. The molecule has 4 N–H and O–H groups in total. The third-order valence-corrected chi connectivity index (χ3v) is 8.61. The number of esters is 4. The van der Waals surface area contributed by atoms with Gasteiger partial charge in [-0.2, -0.15) is 0 Å². The molecule has 16 nitrogen and oxygen atoms in total. The summed E-state index contributed by atoms with van der Waals surface area (Å²) in [6, 6.07) is 3.99. The highest BCUT2D eigenvalue weighted by Crippen LogP contribution is 2.32. The van der Waals surface area contributed by atoms with Crippen LogP contribution in [0, 0.1) is 5.41 Å². The lowest BCUT2D eigenvalue weighted by molar-refractivity contribution is -0.159. The van der Waals surface area contributed by atoms with Gasteiger partial charge < -0.3 is 49.3 Å². The molecule has 0 aromatic heterocycles. The molecular formula is C37H48N2O14. The van der Waals surface area contributed by atoms with Crippen molar-refractivity contribution in [3.05, 3.63) is 53.1 Å². The van der Waals surface area contributed by atoms with Gasteiger partial charge in [-0.05, 0) is 57.9 Å². The van der Waals surface area contributed by atoms with Gasteiger partial charge in [0, 0.05) is 29.9 Å². The molecule has 4 rings (SSSR count). The van der Waals surface area contributed by atoms with Crippen molar-refractivity contribution in [2.24, 2.45) is 5.41 Å². The fourth-order valence-corrected chi connectivity index (χ4v) is 5.83. The number of aliphatic hydroxyl groups excluding tert-OH is 2. The molecule has 290 valence electrons. The minimum absolute atomic E-state index is 0.0501. The molecule has 0 radical (unpaired) electrons. The average Bonchev–Trinajstić information content (AvgIpc) is 3.67. The highest BCUT2D eigenvalue weighted by molar-refractivity contribution is 5.98. The van der Waals surface area contributed by atoms with Crippen LogP contribution in [-0.4, -0.2) is 114 Å². The predicted molar refractivity (Wildman–Crippen MR) is 184 cm³/mol. The summed E-state index contributed by atoms with van der Waals surface area (Å²) in [6.07, 6.45) is -1.22. The SMILES string of the molecule is CC(O)C(NC(=O)C1=CC2OCOC2C(OC(=O)c2ccccc2C=CC(=O)OC2C(=O)OCC2(C)C)C1)C(=O)NC(CO)CCC(=O)OC(C)(C)C. The molecule has 2 saturated heterocycles. The third kappa shape index (κ3) is 11.2. The Morgan fingerprint density at radius 2 is 1.79 bits per heavy atom. The number of hydrogen-bond donors (Lipinski definition) is 4. The maximum absolute atomic E-state index is 13.5. The summed E-state index contributed by atoms with van der Waals surface area (Å²) in [5.74, 6) is -4.29. The molecule has 2 aliphatic heterocycles. The van der Waals surface area contributed by atoms with Gasteiger partial charge in [0.15, 0.2) is 0 Å². The number of hydrogen-bond acceptors (Lipinski definition) is 14. The predicted octanol–water partition coefficient (Wildman–Crippen LogP) is 1.26. The Morgan fingerprint density at radius 3 is 2.43 bits per heavy atom. The van der Waals surface area contributed by atoms with E-state index >= 15 is 0 Å². The Balaban J connectivity index is 1.40. The van der Waals surface area contributed by atoms with Gasteiger partial charge in [0.05, 0.1) is 24.3 Å². The number of carbonyl (C=O) groups excluding carboxylic acids is 6. The first kappa shape index (κ1) is 41.1. The quantitative estimate of drug-likeness (QED) is 0.120. The summed E-state index contributed by atoms with van der Waals surface area (Å²) in [4.78, 5) is 76.9. The van der Waals surface area contributed by atoms with E-state index in [4.69, 9.17) is 28.4 Å². The lowest BCUT2D eigenvalue weighted by Crippen LogP contribution is -2.55. The summed E-state index contributed by atoms with van der Waals surface area (Å²) in [5.41, 5.74) is -0.910. The number of benzene rings is 1. The van der Waals surface area contributed by atoms with Gasteiger partial charge in [0.25, 0.3) is 0 Å². The van der Waals surface area contributed by atoms with E-state index in [0.29, 0.717) is 5.56 Å². The molecule has 1 aliphatic carbocycles. The van der Waals surface area contributed by atoms with Crippen LogP contribution in [0.25, 0.3) is 6.08 Å². The van der Waals surface area contributed by atoms with Gasteiger partial charge >= 0.3 is 23.9 Å². The Kier molecular flexibility index (Phi) is 13.5. The Morgan fingerprint density at radius 1 is 1.08 bits per heavy atom. The van der Waals surface area contributed by atoms with Crippen molar-refractivity contribution in [2.45, 2.75) is 109 Å². The van der Waals surface area contributed by atoms with Crippen molar-refractivity contribution in [3.63, 3.8) is 0 Å². The summed E-state index contributed by atoms with van der Waals surface area (Å²) in [7, 11) is 0. The standard InChI is InChI=1S/C37H48N2O14/c1-20(41)29(33(45)38-23(17-40)12-14-28(43)53-36(2,3)4)39-32(44)22-15-25-30(50-19-49-25)26(16-22)51-34(46)24-10-8-7-9-21(24)11-13-27(42)52-31-35(47)48-18-37(31,5)6/h7-11,13,15,20,23,25-26,29-31,40-41H,12,14,16-19H2,1-6H3,(H,38,45)(H,39,44). The van der Waals surface area contributed by atoms with E-state index in [1.807, 2.05) is 0 Å². The molecule has 1 aromatic rings. The monoisotopic (exact) mass is 744 g/mol. The number of carbonyl (C=O) groups is 6. The third-order valence-electron chi connectivity index (χ3n) is 8.61. The molecule has 0 spiro atoms. The molecule has 2 fully saturated rings. The first-order chi connectivity index (χ1) is 24.9. The van der Waals surface area contributed by atoms with Crippen LogP contribution in [0.15, 0.2) is 42.0 Å². The molecule has 7 atom stereocenters. The van der Waals surface area contributed by atoms with Crippen LogP contribution in [0.1, 0.15) is 76.7 Å². The van der Waals surface area contributed by atoms with Crippen LogP contribution in [0.3, 0.4) is 0 Å². The lowest BCUT2D eigenvalue weighted by Gasteiger charge is -2.31. The summed E-state index contributed by atoms with van der Waals surface area (Å²) < 4.78 is 32.7. The second-order valence-corrected chi connectivity index (χ2v) is 14.8. The summed E-state index contributed by atoms with van der Waals surface area (Å²) >= 11 is 0.